The summed E-state index contributed by atoms with van der Waals surface area (Å²) in [6.45, 7) is -1.66. The number of H-pyrrole nitrogens is 2. The number of amides is 8. The Bertz CT molecular complexity index is 1930. The number of nitrogens with one attached hydrogen (secondary N) is 10. The van der Waals surface area contributed by atoms with Gasteiger partial charge in [-0.2, -0.15) is 0 Å². The molecule has 4 atom stereocenters. The molecule has 1 aromatic carbocycles. The Kier molecular flexibility index (Phi) is 16.0. The van der Waals surface area contributed by atoms with E-state index in [0.717, 1.165) is 17.3 Å². The number of fused-ring (bicyclic) bond motifs is 1. The highest BCUT2D eigenvalue weighted by Gasteiger charge is 2.29. The Labute approximate surface area is 325 Å². The zero-order chi connectivity index (χ0) is 41.3. The van der Waals surface area contributed by atoms with Crippen molar-refractivity contribution in [2.45, 2.75) is 62.7 Å². The number of aliphatic carboxylic acids is 1. The number of primary amides is 1. The highest BCUT2D eigenvalue weighted by Crippen LogP contribution is 2.19. The van der Waals surface area contributed by atoms with Crippen LogP contribution in [-0.4, -0.2) is 130 Å². The second-order valence-electron chi connectivity index (χ2n) is 13.1. The number of imidazole rings is 1. The average molecular weight is 795 g/mol. The number of rotatable bonds is 22. The first kappa shape index (κ1) is 42.9. The Morgan fingerprint density at radius 2 is 1.39 bits per heavy atom. The summed E-state index contributed by atoms with van der Waals surface area (Å²) in [4.78, 5) is 122. The number of hydrogen-bond donors (Lipinski definition) is 12. The van der Waals surface area contributed by atoms with Crippen LogP contribution in [0.2, 0.25) is 0 Å². The lowest BCUT2D eigenvalue weighted by Crippen LogP contribution is -2.54. The van der Waals surface area contributed by atoms with Crippen molar-refractivity contribution in [1.82, 2.24) is 57.5 Å². The van der Waals surface area contributed by atoms with Crippen molar-refractivity contribution in [3.63, 3.8) is 0 Å². The molecule has 1 aliphatic rings. The van der Waals surface area contributed by atoms with Crippen molar-refractivity contribution < 1.29 is 48.3 Å². The molecule has 0 unspecified atom stereocenters. The van der Waals surface area contributed by atoms with Crippen LogP contribution in [0.5, 0.6) is 0 Å². The van der Waals surface area contributed by atoms with Gasteiger partial charge in [0.1, 0.15) is 18.1 Å². The molecular weight excluding hydrogens is 748 g/mol. The van der Waals surface area contributed by atoms with Crippen molar-refractivity contribution in [2.75, 3.05) is 32.7 Å². The van der Waals surface area contributed by atoms with Crippen LogP contribution in [0.3, 0.4) is 0 Å². The van der Waals surface area contributed by atoms with Gasteiger partial charge in [-0.05, 0) is 37.4 Å². The van der Waals surface area contributed by atoms with Gasteiger partial charge >= 0.3 is 5.97 Å². The van der Waals surface area contributed by atoms with Gasteiger partial charge in [0.25, 0.3) is 0 Å². The summed E-state index contributed by atoms with van der Waals surface area (Å²) < 4.78 is 0. The molecule has 1 saturated heterocycles. The standard InChI is InChI=1S/C35H46N12O10/c36-27(48)8-7-24(35(56)57)45-31(52)17-43-32(53)25(10-19-12-39-22-5-2-1-4-21(19)22)46-30(51)16-41-28(49)14-40-29(50)15-42-33(54)26(11-20-13-37-18-44-20)47-34(55)23-6-3-9-38-23/h1-2,4-5,12-13,18,23-26,38-39H,3,6-11,14-17H2,(H2,36,48)(H,37,44)(H,40,50)(H,41,49)(H,42,54)(H,43,53)(H,45,52)(H,46,51)(H,47,55)(H,56,57)/t23-,24-,25-,26-/m0/s1. The molecule has 57 heavy (non-hydrogen) atoms. The summed E-state index contributed by atoms with van der Waals surface area (Å²) >= 11 is 0. The number of nitrogens with two attached hydrogens (primary N) is 1. The van der Waals surface area contributed by atoms with Crippen LogP contribution >= 0.6 is 0 Å². The fourth-order valence-corrected chi connectivity index (χ4v) is 5.83. The van der Waals surface area contributed by atoms with Gasteiger partial charge in [0.05, 0.1) is 38.5 Å². The van der Waals surface area contributed by atoms with Gasteiger partial charge in [-0.1, -0.05) is 18.2 Å². The third-order valence-electron chi connectivity index (χ3n) is 8.79. The normalized spacial score (nSPS) is 15.0. The number of aromatic amines is 2. The van der Waals surface area contributed by atoms with E-state index in [1.807, 2.05) is 6.07 Å². The SMILES string of the molecule is NC(=O)CC[C@H](NC(=O)CNC(=O)[C@H](Cc1c[nH]c2ccccc12)NC(=O)CNC(=O)CNC(=O)CNC(=O)[C@H](Cc1cnc[nH]1)NC(=O)[C@@H]1CCCN1)C(=O)O. The number of benzene rings is 1. The zero-order valence-electron chi connectivity index (χ0n) is 30.8. The molecule has 306 valence electrons. The smallest absolute Gasteiger partial charge is 0.326 e. The summed E-state index contributed by atoms with van der Waals surface area (Å²) in [5, 5.41) is 30.0. The number of carbonyl (C=O) groups is 9. The molecule has 22 heteroatoms. The van der Waals surface area contributed by atoms with Gasteiger partial charge in [-0.25, -0.2) is 9.78 Å². The minimum absolute atomic E-state index is 0.0425. The fourth-order valence-electron chi connectivity index (χ4n) is 5.83. The van der Waals surface area contributed by atoms with E-state index in [4.69, 9.17) is 5.73 Å². The molecule has 1 aliphatic heterocycles. The second kappa shape index (κ2) is 21.3. The van der Waals surface area contributed by atoms with Crippen LogP contribution in [-0.2, 0) is 56.0 Å². The lowest BCUT2D eigenvalue weighted by Gasteiger charge is -2.20. The first-order valence-electron chi connectivity index (χ1n) is 18.0. The molecule has 0 radical (unpaired) electrons. The predicted molar refractivity (Wildman–Crippen MR) is 199 cm³/mol. The summed E-state index contributed by atoms with van der Waals surface area (Å²) in [6, 6.07) is 3.06. The largest absolute Gasteiger partial charge is 0.480 e. The van der Waals surface area contributed by atoms with Crippen molar-refractivity contribution >= 4 is 64.1 Å². The van der Waals surface area contributed by atoms with Crippen molar-refractivity contribution in [2.24, 2.45) is 5.73 Å². The molecule has 0 aliphatic carbocycles. The Hall–Kier alpha value is -6.84. The van der Waals surface area contributed by atoms with E-state index in [1.54, 1.807) is 24.4 Å². The van der Waals surface area contributed by atoms with E-state index >= 15 is 0 Å². The Morgan fingerprint density at radius 3 is 2.00 bits per heavy atom. The molecule has 4 rings (SSSR count). The van der Waals surface area contributed by atoms with Crippen molar-refractivity contribution in [1.29, 1.82) is 0 Å². The van der Waals surface area contributed by atoms with Gasteiger partial charge in [-0.15, -0.1) is 0 Å². The number of carboxylic acids is 1. The maximum Gasteiger partial charge on any atom is 0.326 e. The number of carbonyl (C=O) groups excluding carboxylic acids is 8. The first-order valence-corrected chi connectivity index (χ1v) is 18.0. The van der Waals surface area contributed by atoms with Crippen LogP contribution in [0.1, 0.15) is 36.9 Å². The van der Waals surface area contributed by atoms with E-state index in [2.05, 4.69) is 57.5 Å². The van der Waals surface area contributed by atoms with E-state index in [-0.39, 0.29) is 31.6 Å². The first-order chi connectivity index (χ1) is 27.3. The van der Waals surface area contributed by atoms with Gasteiger partial charge < -0.3 is 63.3 Å². The molecule has 2 aromatic heterocycles. The van der Waals surface area contributed by atoms with E-state index < -0.39 is 97.7 Å². The number of para-hydroxylation sites is 1. The van der Waals surface area contributed by atoms with Crippen molar-refractivity contribution in [3.05, 3.63) is 54.2 Å². The quantitative estimate of drug-likeness (QED) is 0.0460. The zero-order valence-corrected chi connectivity index (χ0v) is 30.8. The maximum atomic E-state index is 13.3. The molecule has 3 aromatic rings. The lowest BCUT2D eigenvalue weighted by molar-refractivity contribution is -0.142. The van der Waals surface area contributed by atoms with E-state index in [1.165, 1.54) is 12.5 Å². The van der Waals surface area contributed by atoms with Crippen LogP contribution in [0, 0.1) is 0 Å². The number of nitrogens with zero attached hydrogens (tertiary/aromatic N) is 1. The van der Waals surface area contributed by atoms with Gasteiger partial charge in [0.15, 0.2) is 0 Å². The molecule has 0 bridgehead atoms. The minimum atomic E-state index is -1.43. The predicted octanol–water partition coefficient (Wildman–Crippen LogP) is -4.30. The van der Waals surface area contributed by atoms with Crippen LogP contribution in [0.4, 0.5) is 0 Å². The molecule has 1 fully saturated rings. The fraction of sp³-hybridized carbons (Fsp3) is 0.429. The lowest BCUT2D eigenvalue weighted by atomic mass is 10.0. The van der Waals surface area contributed by atoms with Crippen LogP contribution in [0.15, 0.2) is 43.0 Å². The van der Waals surface area contributed by atoms with Gasteiger partial charge in [0.2, 0.25) is 47.3 Å². The van der Waals surface area contributed by atoms with Crippen LogP contribution in [0.25, 0.3) is 10.9 Å². The molecule has 0 spiro atoms. The molecule has 0 saturated carbocycles. The summed E-state index contributed by atoms with van der Waals surface area (Å²) in [5.41, 5.74) is 7.05. The number of carboxylic acid groups (broad SMARTS) is 1. The number of aromatic nitrogens is 3. The second-order valence-corrected chi connectivity index (χ2v) is 13.1. The molecule has 22 nitrogen and oxygen atoms in total. The third kappa shape index (κ3) is 14.1. The maximum absolute atomic E-state index is 13.3. The van der Waals surface area contributed by atoms with Gasteiger partial charge in [0, 0.05) is 48.3 Å². The van der Waals surface area contributed by atoms with E-state index in [9.17, 15) is 48.3 Å². The summed E-state index contributed by atoms with van der Waals surface area (Å²) in [5.74, 6) is -7.10. The molecule has 8 amide bonds. The topological polar surface area (TPSA) is 341 Å². The van der Waals surface area contributed by atoms with E-state index in [0.29, 0.717) is 24.2 Å². The molecular formula is C35H46N12O10. The Balaban J connectivity index is 1.25. The number of hydrogen-bond acceptors (Lipinski definition) is 11. The minimum Gasteiger partial charge on any atom is -0.480 e. The summed E-state index contributed by atoms with van der Waals surface area (Å²) in [7, 11) is 0. The van der Waals surface area contributed by atoms with Crippen LogP contribution < -0.4 is 48.3 Å². The Morgan fingerprint density at radius 1 is 0.772 bits per heavy atom. The highest BCUT2D eigenvalue weighted by atomic mass is 16.4. The highest BCUT2D eigenvalue weighted by molar-refractivity contribution is 5.95. The van der Waals surface area contributed by atoms with Gasteiger partial charge in [-0.3, -0.25) is 38.4 Å². The molecule has 13 N–H and O–H groups in total. The molecule has 3 heterocycles. The monoisotopic (exact) mass is 794 g/mol. The van der Waals surface area contributed by atoms with Crippen molar-refractivity contribution in [3.8, 4) is 0 Å². The average Bonchev–Trinajstić information content (AvgIpc) is 3.99. The summed E-state index contributed by atoms with van der Waals surface area (Å²) in [6.07, 6.45) is 5.51. The third-order valence-corrected chi connectivity index (χ3v) is 8.79.